The minimum atomic E-state index is -0.805. The second kappa shape index (κ2) is 3.64. The van der Waals surface area contributed by atoms with Crippen molar-refractivity contribution in [2.75, 3.05) is 7.05 Å². The summed E-state index contributed by atoms with van der Waals surface area (Å²) in [7, 11) is 1.51. The maximum atomic E-state index is 11.2. The van der Waals surface area contributed by atoms with Crippen LogP contribution in [0.2, 0.25) is 0 Å². The summed E-state index contributed by atoms with van der Waals surface area (Å²) in [4.78, 5) is 22.2. The van der Waals surface area contributed by atoms with E-state index in [9.17, 15) is 9.59 Å². The number of carbonyl (C=O) groups is 2. The lowest BCUT2D eigenvalue weighted by atomic mass is 9.97. The molecule has 5 heteroatoms. The molecular weight excluding hydrogens is 170 g/mol. The molecule has 0 aliphatic heterocycles. The molecule has 13 heavy (non-hydrogen) atoms. The molecular formula is C8H15N3O2. The molecule has 0 heterocycles. The van der Waals surface area contributed by atoms with Gasteiger partial charge < -0.3 is 16.4 Å². The highest BCUT2D eigenvalue weighted by Crippen LogP contribution is 2.29. The molecule has 0 unspecified atom stereocenters. The van der Waals surface area contributed by atoms with Gasteiger partial charge in [0.05, 0.1) is 0 Å². The first-order chi connectivity index (χ1) is 6.10. The smallest absolute Gasteiger partial charge is 0.315 e. The summed E-state index contributed by atoms with van der Waals surface area (Å²) >= 11 is 0. The molecule has 5 nitrogen and oxygen atoms in total. The van der Waals surface area contributed by atoms with Crippen molar-refractivity contribution < 1.29 is 9.59 Å². The summed E-state index contributed by atoms with van der Waals surface area (Å²) in [5, 5.41) is 5.03. The van der Waals surface area contributed by atoms with E-state index < -0.39 is 11.4 Å². The van der Waals surface area contributed by atoms with Gasteiger partial charge in [0.2, 0.25) is 5.91 Å². The van der Waals surface area contributed by atoms with Crippen LogP contribution in [0.5, 0.6) is 0 Å². The van der Waals surface area contributed by atoms with Gasteiger partial charge in [-0.05, 0) is 12.8 Å². The van der Waals surface area contributed by atoms with E-state index in [-0.39, 0.29) is 6.03 Å². The zero-order valence-corrected chi connectivity index (χ0v) is 7.72. The molecule has 1 aliphatic carbocycles. The maximum Gasteiger partial charge on any atom is 0.315 e. The maximum absolute atomic E-state index is 11.2. The van der Waals surface area contributed by atoms with Crippen molar-refractivity contribution in [3.05, 3.63) is 0 Å². The Hall–Kier alpha value is -1.26. The molecule has 3 amide bonds. The molecule has 74 valence electrons. The Balaban J connectivity index is 2.68. The highest BCUT2D eigenvalue weighted by Gasteiger charge is 2.40. The van der Waals surface area contributed by atoms with E-state index >= 15 is 0 Å². The Morgan fingerprint density at radius 3 is 2.23 bits per heavy atom. The second-order valence-corrected chi connectivity index (χ2v) is 3.36. The summed E-state index contributed by atoms with van der Waals surface area (Å²) in [6, 6.07) is -0.347. The summed E-state index contributed by atoms with van der Waals surface area (Å²) in [5.41, 5.74) is 4.45. The third-order valence-electron chi connectivity index (χ3n) is 2.51. The summed E-state index contributed by atoms with van der Waals surface area (Å²) < 4.78 is 0. The minimum Gasteiger partial charge on any atom is -0.368 e. The number of rotatable bonds is 2. The van der Waals surface area contributed by atoms with E-state index in [1.165, 1.54) is 7.05 Å². The zero-order chi connectivity index (χ0) is 9.90. The lowest BCUT2D eigenvalue weighted by molar-refractivity contribution is -0.123. The number of hydrogen-bond donors (Lipinski definition) is 3. The third-order valence-corrected chi connectivity index (χ3v) is 2.51. The van der Waals surface area contributed by atoms with Gasteiger partial charge in [0.15, 0.2) is 0 Å². The van der Waals surface area contributed by atoms with E-state index in [1.54, 1.807) is 0 Å². The van der Waals surface area contributed by atoms with Crippen LogP contribution in [0.1, 0.15) is 25.7 Å². The number of nitrogens with two attached hydrogens (primary N) is 1. The summed E-state index contributed by atoms with van der Waals surface area (Å²) in [6.45, 7) is 0. The van der Waals surface area contributed by atoms with Gasteiger partial charge in [-0.2, -0.15) is 0 Å². The Morgan fingerprint density at radius 1 is 1.31 bits per heavy atom. The molecule has 0 bridgehead atoms. The van der Waals surface area contributed by atoms with Crippen molar-refractivity contribution in [1.82, 2.24) is 10.6 Å². The standard InChI is InChI=1S/C8H15N3O2/c1-10-7(13)11-8(6(9)12)4-2-3-5-8/h2-5H2,1H3,(H2,9,12)(H2,10,11,13). The molecule has 1 saturated carbocycles. The lowest BCUT2D eigenvalue weighted by Gasteiger charge is -2.26. The van der Waals surface area contributed by atoms with Crippen LogP contribution >= 0.6 is 0 Å². The van der Waals surface area contributed by atoms with Gasteiger partial charge >= 0.3 is 6.03 Å². The highest BCUT2D eigenvalue weighted by atomic mass is 16.2. The third kappa shape index (κ3) is 1.91. The van der Waals surface area contributed by atoms with Gasteiger partial charge in [0, 0.05) is 7.05 Å². The van der Waals surface area contributed by atoms with Gasteiger partial charge in [-0.1, -0.05) is 12.8 Å². The van der Waals surface area contributed by atoms with Crippen LogP contribution in [-0.2, 0) is 4.79 Å². The SMILES string of the molecule is CNC(=O)NC1(C(N)=O)CCCC1. The molecule has 4 N–H and O–H groups in total. The quantitative estimate of drug-likeness (QED) is 0.552. The van der Waals surface area contributed by atoms with E-state index in [1.807, 2.05) is 0 Å². The molecule has 1 rings (SSSR count). The van der Waals surface area contributed by atoms with Crippen LogP contribution in [0.4, 0.5) is 4.79 Å². The molecule has 0 aromatic carbocycles. The van der Waals surface area contributed by atoms with Crippen LogP contribution < -0.4 is 16.4 Å². The van der Waals surface area contributed by atoms with Crippen molar-refractivity contribution in [2.45, 2.75) is 31.2 Å². The molecule has 1 aliphatic rings. The molecule has 0 aromatic heterocycles. The van der Waals surface area contributed by atoms with E-state index in [0.29, 0.717) is 12.8 Å². The average Bonchev–Trinajstić information content (AvgIpc) is 2.54. The fourth-order valence-corrected chi connectivity index (χ4v) is 1.69. The van der Waals surface area contributed by atoms with Gasteiger partial charge in [-0.15, -0.1) is 0 Å². The minimum absolute atomic E-state index is 0.347. The predicted molar refractivity (Wildman–Crippen MR) is 48.0 cm³/mol. The Morgan fingerprint density at radius 2 is 1.85 bits per heavy atom. The largest absolute Gasteiger partial charge is 0.368 e. The molecule has 1 fully saturated rings. The normalized spacial score (nSPS) is 19.5. The number of primary amides is 1. The van der Waals surface area contributed by atoms with Gasteiger partial charge in [0.25, 0.3) is 0 Å². The zero-order valence-electron chi connectivity index (χ0n) is 7.72. The van der Waals surface area contributed by atoms with Crippen molar-refractivity contribution in [1.29, 1.82) is 0 Å². The first-order valence-electron chi connectivity index (χ1n) is 4.40. The second-order valence-electron chi connectivity index (χ2n) is 3.36. The monoisotopic (exact) mass is 185 g/mol. The lowest BCUT2D eigenvalue weighted by Crippen LogP contribution is -2.57. The van der Waals surface area contributed by atoms with Crippen molar-refractivity contribution >= 4 is 11.9 Å². The fraction of sp³-hybridized carbons (Fsp3) is 0.750. The van der Waals surface area contributed by atoms with E-state index in [0.717, 1.165) is 12.8 Å². The molecule has 0 saturated heterocycles. The summed E-state index contributed by atoms with van der Waals surface area (Å²) in [5.74, 6) is -0.436. The number of hydrogen-bond acceptors (Lipinski definition) is 2. The van der Waals surface area contributed by atoms with Gasteiger partial charge in [-0.25, -0.2) is 4.79 Å². The number of nitrogens with one attached hydrogen (secondary N) is 2. The summed E-state index contributed by atoms with van der Waals surface area (Å²) in [6.07, 6.45) is 3.17. The van der Waals surface area contributed by atoms with E-state index in [4.69, 9.17) is 5.73 Å². The van der Waals surface area contributed by atoms with E-state index in [2.05, 4.69) is 10.6 Å². The van der Waals surface area contributed by atoms with Crippen LogP contribution in [0.15, 0.2) is 0 Å². The molecule has 0 radical (unpaired) electrons. The van der Waals surface area contributed by atoms with Crippen LogP contribution in [0.3, 0.4) is 0 Å². The van der Waals surface area contributed by atoms with Crippen LogP contribution in [0.25, 0.3) is 0 Å². The van der Waals surface area contributed by atoms with Crippen LogP contribution in [-0.4, -0.2) is 24.5 Å². The Labute approximate surface area is 77.1 Å². The molecule has 0 aromatic rings. The highest BCUT2D eigenvalue weighted by molar-refractivity contribution is 5.90. The van der Waals surface area contributed by atoms with Gasteiger partial charge in [0.1, 0.15) is 5.54 Å². The fourth-order valence-electron chi connectivity index (χ4n) is 1.69. The Kier molecular flexibility index (Phi) is 2.75. The number of amides is 3. The topological polar surface area (TPSA) is 84.2 Å². The van der Waals surface area contributed by atoms with Crippen molar-refractivity contribution in [3.63, 3.8) is 0 Å². The first kappa shape index (κ1) is 9.83. The number of urea groups is 1. The number of carbonyl (C=O) groups excluding carboxylic acids is 2. The predicted octanol–water partition coefficient (Wildman–Crippen LogP) is -0.287. The van der Waals surface area contributed by atoms with Gasteiger partial charge in [-0.3, -0.25) is 4.79 Å². The van der Waals surface area contributed by atoms with Crippen molar-refractivity contribution in [2.24, 2.45) is 5.73 Å². The average molecular weight is 185 g/mol. The van der Waals surface area contributed by atoms with Crippen molar-refractivity contribution in [3.8, 4) is 0 Å². The Bertz CT molecular complexity index is 221. The van der Waals surface area contributed by atoms with Crippen LogP contribution in [0, 0.1) is 0 Å². The molecule has 0 atom stereocenters. The molecule has 0 spiro atoms. The first-order valence-corrected chi connectivity index (χ1v) is 4.40.